The lowest BCUT2D eigenvalue weighted by atomic mass is 10.3. The van der Waals surface area contributed by atoms with Crippen LogP contribution in [0.25, 0.3) is 10.7 Å². The molecule has 0 fully saturated rings. The number of thiophene rings is 1. The van der Waals surface area contributed by atoms with Crippen LogP contribution in [0.5, 0.6) is 0 Å². The molecule has 2 heterocycles. The van der Waals surface area contributed by atoms with Crippen molar-refractivity contribution in [2.45, 2.75) is 39.3 Å². The number of aromatic nitrogens is 3. The minimum absolute atomic E-state index is 0.303. The van der Waals surface area contributed by atoms with E-state index < -0.39 is 0 Å². The van der Waals surface area contributed by atoms with Crippen molar-refractivity contribution >= 4 is 23.6 Å². The maximum Gasteiger partial charge on any atom is 0.195 e. The number of nitrogens with one attached hydrogen (secondary N) is 1. The van der Waals surface area contributed by atoms with E-state index in [9.17, 15) is 0 Å². The van der Waals surface area contributed by atoms with Crippen LogP contribution in [0, 0.1) is 4.77 Å². The number of aromatic amines is 1. The molecular weight excluding hydrogens is 278 g/mol. The first-order valence-corrected chi connectivity index (χ1v) is 7.78. The molecule has 2 rings (SSSR count). The molecule has 0 aromatic carbocycles. The molecule has 0 amide bonds. The van der Waals surface area contributed by atoms with Gasteiger partial charge in [0.25, 0.3) is 0 Å². The first-order valence-electron chi connectivity index (χ1n) is 6.49. The van der Waals surface area contributed by atoms with Crippen LogP contribution < -0.4 is 0 Å². The van der Waals surface area contributed by atoms with Gasteiger partial charge in [0.2, 0.25) is 0 Å². The van der Waals surface area contributed by atoms with Gasteiger partial charge in [0.1, 0.15) is 0 Å². The third kappa shape index (κ3) is 3.99. The van der Waals surface area contributed by atoms with Gasteiger partial charge < -0.3 is 4.74 Å². The van der Waals surface area contributed by atoms with E-state index in [0.29, 0.717) is 10.9 Å². The van der Waals surface area contributed by atoms with Crippen molar-refractivity contribution < 1.29 is 4.74 Å². The quantitative estimate of drug-likeness (QED) is 0.623. The van der Waals surface area contributed by atoms with E-state index in [2.05, 4.69) is 34.7 Å². The Morgan fingerprint density at radius 2 is 2.32 bits per heavy atom. The molecule has 1 N–H and O–H groups in total. The molecule has 2 aromatic rings. The minimum Gasteiger partial charge on any atom is -0.379 e. The molecule has 0 aliphatic heterocycles. The van der Waals surface area contributed by atoms with Gasteiger partial charge in [-0.15, -0.1) is 11.3 Å². The topological polar surface area (TPSA) is 42.8 Å². The second-order valence-electron chi connectivity index (χ2n) is 4.61. The molecule has 0 unspecified atom stereocenters. The lowest BCUT2D eigenvalue weighted by molar-refractivity contribution is 0.0754. The van der Waals surface area contributed by atoms with E-state index in [0.717, 1.165) is 36.7 Å². The smallest absolute Gasteiger partial charge is 0.195 e. The van der Waals surface area contributed by atoms with Crippen LogP contribution >= 0.6 is 23.6 Å². The predicted molar refractivity (Wildman–Crippen MR) is 81.0 cm³/mol. The summed E-state index contributed by atoms with van der Waals surface area (Å²) < 4.78 is 8.29. The summed E-state index contributed by atoms with van der Waals surface area (Å²) in [4.78, 5) is 1.14. The van der Waals surface area contributed by atoms with Crippen LogP contribution in [-0.4, -0.2) is 27.5 Å². The van der Waals surface area contributed by atoms with Gasteiger partial charge in [-0.2, -0.15) is 5.10 Å². The summed E-state index contributed by atoms with van der Waals surface area (Å²) in [6, 6.07) is 4.09. The Kier molecular flexibility index (Phi) is 5.30. The van der Waals surface area contributed by atoms with Crippen LogP contribution in [0.3, 0.4) is 0 Å². The first-order chi connectivity index (χ1) is 9.18. The largest absolute Gasteiger partial charge is 0.379 e. The third-order valence-corrected chi connectivity index (χ3v) is 3.90. The second kappa shape index (κ2) is 6.98. The number of hydrogen-bond donors (Lipinski definition) is 1. The highest BCUT2D eigenvalue weighted by Gasteiger charge is 2.09. The van der Waals surface area contributed by atoms with Gasteiger partial charge in [0.15, 0.2) is 10.6 Å². The fourth-order valence-corrected chi connectivity index (χ4v) is 2.76. The average molecular weight is 297 g/mol. The zero-order chi connectivity index (χ0) is 13.7. The molecule has 0 spiro atoms. The monoisotopic (exact) mass is 297 g/mol. The van der Waals surface area contributed by atoms with Gasteiger partial charge in [-0.3, -0.25) is 9.67 Å². The summed E-state index contributed by atoms with van der Waals surface area (Å²) in [6.07, 6.45) is 2.38. The van der Waals surface area contributed by atoms with Crippen molar-refractivity contribution in [3.8, 4) is 10.7 Å². The van der Waals surface area contributed by atoms with Gasteiger partial charge in [0, 0.05) is 13.2 Å². The van der Waals surface area contributed by atoms with E-state index in [1.54, 1.807) is 11.3 Å². The van der Waals surface area contributed by atoms with E-state index in [-0.39, 0.29) is 0 Å². The van der Waals surface area contributed by atoms with Gasteiger partial charge >= 0.3 is 0 Å². The number of unbranched alkanes of at least 4 members (excludes halogenated alkanes) is 1. The molecule has 19 heavy (non-hydrogen) atoms. The Balaban J connectivity index is 1.93. The van der Waals surface area contributed by atoms with Crippen molar-refractivity contribution in [1.29, 1.82) is 0 Å². The summed E-state index contributed by atoms with van der Waals surface area (Å²) in [6.45, 7) is 5.79. The molecule has 0 atom stereocenters. The maximum atomic E-state index is 5.54. The molecule has 104 valence electrons. The standard InChI is InChI=1S/C13H19N3OS2/c1-10(2)17-8-4-3-7-16-12(14-15-13(16)18)11-6-5-9-19-11/h5-6,9-10H,3-4,7-8H2,1-2H3,(H,15,18). The van der Waals surface area contributed by atoms with E-state index in [1.165, 1.54) is 0 Å². The normalized spacial score (nSPS) is 11.3. The first kappa shape index (κ1) is 14.4. The lowest BCUT2D eigenvalue weighted by Crippen LogP contribution is -2.06. The summed E-state index contributed by atoms with van der Waals surface area (Å²) >= 11 is 6.96. The molecule has 4 nitrogen and oxygen atoms in total. The molecule has 0 radical (unpaired) electrons. The highest BCUT2D eigenvalue weighted by molar-refractivity contribution is 7.71. The number of ether oxygens (including phenoxy) is 1. The summed E-state index contributed by atoms with van der Waals surface area (Å²) in [5, 5.41) is 9.24. The van der Waals surface area contributed by atoms with Crippen molar-refractivity contribution in [2.24, 2.45) is 0 Å². The molecule has 0 bridgehead atoms. The number of nitrogens with zero attached hydrogens (tertiary/aromatic N) is 2. The van der Waals surface area contributed by atoms with Crippen LogP contribution in [0.4, 0.5) is 0 Å². The predicted octanol–water partition coefficient (Wildman–Crippen LogP) is 3.87. The van der Waals surface area contributed by atoms with Crippen LogP contribution in [-0.2, 0) is 11.3 Å². The van der Waals surface area contributed by atoms with E-state index >= 15 is 0 Å². The zero-order valence-corrected chi connectivity index (χ0v) is 12.9. The zero-order valence-electron chi connectivity index (χ0n) is 11.3. The van der Waals surface area contributed by atoms with Gasteiger partial charge in [-0.25, -0.2) is 0 Å². The van der Waals surface area contributed by atoms with E-state index in [4.69, 9.17) is 17.0 Å². The molecule has 0 aliphatic rings. The Morgan fingerprint density at radius 1 is 1.47 bits per heavy atom. The summed E-state index contributed by atoms with van der Waals surface area (Å²) in [5.41, 5.74) is 0. The van der Waals surface area contributed by atoms with Crippen LogP contribution in [0.2, 0.25) is 0 Å². The fourth-order valence-electron chi connectivity index (χ4n) is 1.81. The highest BCUT2D eigenvalue weighted by atomic mass is 32.1. The number of rotatable bonds is 7. The molecule has 0 saturated heterocycles. The molecular formula is C13H19N3OS2. The average Bonchev–Trinajstić information content (AvgIpc) is 2.98. The molecule has 0 aliphatic carbocycles. The molecule has 6 heteroatoms. The third-order valence-electron chi connectivity index (χ3n) is 2.73. The van der Waals surface area contributed by atoms with Crippen LogP contribution in [0.1, 0.15) is 26.7 Å². The summed E-state index contributed by atoms with van der Waals surface area (Å²) in [7, 11) is 0. The van der Waals surface area contributed by atoms with Gasteiger partial charge in [-0.1, -0.05) is 6.07 Å². The van der Waals surface area contributed by atoms with Crippen LogP contribution in [0.15, 0.2) is 17.5 Å². The maximum absolute atomic E-state index is 5.54. The van der Waals surface area contributed by atoms with Crippen molar-refractivity contribution in [1.82, 2.24) is 14.8 Å². The van der Waals surface area contributed by atoms with Crippen molar-refractivity contribution in [3.05, 3.63) is 22.3 Å². The Hall–Kier alpha value is -0.980. The summed E-state index contributed by atoms with van der Waals surface area (Å²) in [5.74, 6) is 0.935. The van der Waals surface area contributed by atoms with Crippen molar-refractivity contribution in [2.75, 3.05) is 6.61 Å². The lowest BCUT2D eigenvalue weighted by Gasteiger charge is -2.08. The highest BCUT2D eigenvalue weighted by Crippen LogP contribution is 2.22. The minimum atomic E-state index is 0.303. The Labute approximate surface area is 122 Å². The van der Waals surface area contributed by atoms with Gasteiger partial charge in [0.05, 0.1) is 11.0 Å². The Bertz CT molecular complexity index is 542. The van der Waals surface area contributed by atoms with E-state index in [1.807, 2.05) is 11.4 Å². The number of H-pyrrole nitrogens is 1. The SMILES string of the molecule is CC(C)OCCCCn1c(-c2cccs2)n[nH]c1=S. The Morgan fingerprint density at radius 3 is 3.00 bits per heavy atom. The fraction of sp³-hybridized carbons (Fsp3) is 0.538. The molecule has 0 saturated carbocycles. The molecule has 2 aromatic heterocycles. The second-order valence-corrected chi connectivity index (χ2v) is 5.94. The van der Waals surface area contributed by atoms with Crippen molar-refractivity contribution in [3.63, 3.8) is 0 Å². The number of hydrogen-bond acceptors (Lipinski definition) is 4. The van der Waals surface area contributed by atoms with Gasteiger partial charge in [-0.05, 0) is 50.4 Å².